The molecule has 0 unspecified atom stereocenters. The van der Waals surface area contributed by atoms with E-state index in [4.69, 9.17) is 0 Å². The number of rotatable bonds is 3. The number of nitrogens with zero attached hydrogens (tertiary/aromatic N) is 3. The van der Waals surface area contributed by atoms with Crippen molar-refractivity contribution in [3.63, 3.8) is 0 Å². The quantitative estimate of drug-likeness (QED) is 0.695. The first kappa shape index (κ1) is 14.1. The summed E-state index contributed by atoms with van der Waals surface area (Å²) in [4.78, 5) is 13.4. The van der Waals surface area contributed by atoms with E-state index in [-0.39, 0.29) is 5.91 Å². The molecule has 0 saturated heterocycles. The largest absolute Gasteiger partial charge is 0.345 e. The van der Waals surface area contributed by atoms with Crippen LogP contribution in [0.25, 0.3) is 22.9 Å². The number of benzene rings is 1. The number of aromatic nitrogens is 2. The molecule has 0 aliphatic rings. The molecule has 3 aromatic rings. The SMILES string of the molecule is CN(C)C(=O)C=Cc1c(-c2ccccc2)nn2ccccc12. The van der Waals surface area contributed by atoms with Crippen molar-refractivity contribution in [1.29, 1.82) is 0 Å². The predicted molar refractivity (Wildman–Crippen MR) is 88.4 cm³/mol. The van der Waals surface area contributed by atoms with Crippen LogP contribution in [0.3, 0.4) is 0 Å². The van der Waals surface area contributed by atoms with Gasteiger partial charge in [-0.3, -0.25) is 4.79 Å². The summed E-state index contributed by atoms with van der Waals surface area (Å²) in [6, 6.07) is 15.9. The van der Waals surface area contributed by atoms with Crippen LogP contribution >= 0.6 is 0 Å². The van der Waals surface area contributed by atoms with Gasteiger partial charge < -0.3 is 4.90 Å². The first-order valence-electron chi connectivity index (χ1n) is 7.09. The van der Waals surface area contributed by atoms with Gasteiger partial charge in [-0.15, -0.1) is 0 Å². The van der Waals surface area contributed by atoms with Gasteiger partial charge in [0.25, 0.3) is 0 Å². The lowest BCUT2D eigenvalue weighted by atomic mass is 10.1. The summed E-state index contributed by atoms with van der Waals surface area (Å²) in [5.74, 6) is -0.0470. The fourth-order valence-corrected chi connectivity index (χ4v) is 2.30. The summed E-state index contributed by atoms with van der Waals surface area (Å²) in [7, 11) is 3.47. The fourth-order valence-electron chi connectivity index (χ4n) is 2.30. The van der Waals surface area contributed by atoms with Crippen molar-refractivity contribution in [2.75, 3.05) is 14.1 Å². The summed E-state index contributed by atoms with van der Waals surface area (Å²) in [6.07, 6.45) is 5.33. The van der Waals surface area contributed by atoms with E-state index in [9.17, 15) is 4.79 Å². The molecule has 0 spiro atoms. The summed E-state index contributed by atoms with van der Waals surface area (Å²) in [5, 5.41) is 4.65. The Morgan fingerprint density at radius 3 is 2.55 bits per heavy atom. The van der Waals surface area contributed by atoms with Gasteiger partial charge in [0.15, 0.2) is 0 Å². The topological polar surface area (TPSA) is 37.6 Å². The first-order chi connectivity index (χ1) is 10.7. The predicted octanol–water partition coefficient (Wildman–Crippen LogP) is 3.10. The second kappa shape index (κ2) is 5.85. The van der Waals surface area contributed by atoms with Crippen molar-refractivity contribution in [3.8, 4) is 11.3 Å². The minimum absolute atomic E-state index is 0.0470. The van der Waals surface area contributed by atoms with E-state index in [2.05, 4.69) is 5.10 Å². The molecule has 0 fully saturated rings. The van der Waals surface area contributed by atoms with Gasteiger partial charge in [-0.25, -0.2) is 4.52 Å². The van der Waals surface area contributed by atoms with Crippen LogP contribution in [0, 0.1) is 0 Å². The molecule has 0 aliphatic heterocycles. The van der Waals surface area contributed by atoms with E-state index in [1.165, 1.54) is 0 Å². The number of amides is 1. The molecule has 22 heavy (non-hydrogen) atoms. The molecule has 0 aliphatic carbocycles. The van der Waals surface area contributed by atoms with Crippen molar-refractivity contribution >= 4 is 17.5 Å². The fraction of sp³-hybridized carbons (Fsp3) is 0.111. The van der Waals surface area contributed by atoms with Gasteiger partial charge in [-0.2, -0.15) is 5.10 Å². The highest BCUT2D eigenvalue weighted by Crippen LogP contribution is 2.27. The lowest BCUT2D eigenvalue weighted by Gasteiger charge is -2.05. The molecule has 1 aromatic carbocycles. The minimum atomic E-state index is -0.0470. The number of hydrogen-bond acceptors (Lipinski definition) is 2. The lowest BCUT2D eigenvalue weighted by molar-refractivity contribution is -0.123. The second-order valence-corrected chi connectivity index (χ2v) is 5.22. The van der Waals surface area contributed by atoms with Crippen molar-refractivity contribution in [2.24, 2.45) is 0 Å². The average Bonchev–Trinajstić information content (AvgIpc) is 2.92. The van der Waals surface area contributed by atoms with Crippen molar-refractivity contribution in [3.05, 3.63) is 66.4 Å². The van der Waals surface area contributed by atoms with Crippen molar-refractivity contribution in [1.82, 2.24) is 14.5 Å². The maximum absolute atomic E-state index is 11.8. The Morgan fingerprint density at radius 2 is 1.82 bits per heavy atom. The highest BCUT2D eigenvalue weighted by molar-refractivity contribution is 5.94. The van der Waals surface area contributed by atoms with Crippen LogP contribution in [0.2, 0.25) is 0 Å². The van der Waals surface area contributed by atoms with Gasteiger partial charge in [-0.05, 0) is 18.2 Å². The molecule has 110 valence electrons. The van der Waals surface area contributed by atoms with E-state index in [1.807, 2.05) is 65.3 Å². The van der Waals surface area contributed by atoms with Gasteiger partial charge in [-0.1, -0.05) is 36.4 Å². The Bertz CT molecular complexity index is 832. The van der Waals surface area contributed by atoms with Crippen LogP contribution in [0.1, 0.15) is 5.56 Å². The van der Waals surface area contributed by atoms with Gasteiger partial charge in [0.05, 0.1) is 5.52 Å². The third-order valence-corrected chi connectivity index (χ3v) is 3.46. The standard InChI is InChI=1S/C18H17N3O/c1-20(2)17(22)12-11-15-16-10-6-7-13-21(16)19-18(15)14-8-4-3-5-9-14/h3-13H,1-2H3. The van der Waals surface area contributed by atoms with E-state index in [0.717, 1.165) is 22.3 Å². The van der Waals surface area contributed by atoms with Crippen molar-refractivity contribution in [2.45, 2.75) is 0 Å². The summed E-state index contributed by atoms with van der Waals surface area (Å²) in [6.45, 7) is 0. The maximum atomic E-state index is 11.8. The first-order valence-corrected chi connectivity index (χ1v) is 7.09. The number of carbonyl (C=O) groups excluding carboxylic acids is 1. The Hall–Kier alpha value is -2.88. The Morgan fingerprint density at radius 1 is 1.09 bits per heavy atom. The maximum Gasteiger partial charge on any atom is 0.246 e. The zero-order valence-corrected chi connectivity index (χ0v) is 12.6. The van der Waals surface area contributed by atoms with Crippen molar-refractivity contribution < 1.29 is 4.79 Å². The molecule has 4 nitrogen and oxygen atoms in total. The zero-order valence-electron chi connectivity index (χ0n) is 12.6. The van der Waals surface area contributed by atoms with Crippen LogP contribution in [0.4, 0.5) is 0 Å². The molecule has 0 N–H and O–H groups in total. The van der Waals surface area contributed by atoms with E-state index in [0.29, 0.717) is 0 Å². The number of fused-ring (bicyclic) bond motifs is 1. The van der Waals surface area contributed by atoms with E-state index >= 15 is 0 Å². The monoisotopic (exact) mass is 291 g/mol. The molecular formula is C18H17N3O. The summed E-state index contributed by atoms with van der Waals surface area (Å²) in [5.41, 5.74) is 3.82. The third-order valence-electron chi connectivity index (χ3n) is 3.46. The van der Waals surface area contributed by atoms with Gasteiger partial charge in [0.1, 0.15) is 5.69 Å². The van der Waals surface area contributed by atoms with Crippen LogP contribution in [0.15, 0.2) is 60.8 Å². The molecule has 0 radical (unpaired) electrons. The highest BCUT2D eigenvalue weighted by Gasteiger charge is 2.12. The lowest BCUT2D eigenvalue weighted by Crippen LogP contribution is -2.18. The molecule has 3 rings (SSSR count). The molecule has 4 heteroatoms. The highest BCUT2D eigenvalue weighted by atomic mass is 16.2. The third kappa shape index (κ3) is 2.63. The molecular weight excluding hydrogens is 274 g/mol. The van der Waals surface area contributed by atoms with Crippen LogP contribution in [-0.2, 0) is 4.79 Å². The molecule has 0 saturated carbocycles. The van der Waals surface area contributed by atoms with Gasteiger partial charge in [0.2, 0.25) is 5.91 Å². The minimum Gasteiger partial charge on any atom is -0.345 e. The molecule has 0 atom stereocenters. The Balaban J connectivity index is 2.16. The summed E-state index contributed by atoms with van der Waals surface area (Å²) < 4.78 is 1.84. The van der Waals surface area contributed by atoms with E-state index in [1.54, 1.807) is 25.1 Å². The van der Waals surface area contributed by atoms with Gasteiger partial charge >= 0.3 is 0 Å². The molecule has 2 heterocycles. The number of carbonyl (C=O) groups is 1. The number of pyridine rings is 1. The number of hydrogen-bond donors (Lipinski definition) is 0. The zero-order chi connectivity index (χ0) is 15.5. The Kier molecular flexibility index (Phi) is 3.74. The summed E-state index contributed by atoms with van der Waals surface area (Å²) >= 11 is 0. The van der Waals surface area contributed by atoms with Crippen LogP contribution in [0.5, 0.6) is 0 Å². The second-order valence-electron chi connectivity index (χ2n) is 5.22. The molecule has 1 amide bonds. The van der Waals surface area contributed by atoms with Gasteiger partial charge in [0, 0.05) is 37.5 Å². The normalized spacial score (nSPS) is 11.2. The Labute approximate surface area is 129 Å². The average molecular weight is 291 g/mol. The van der Waals surface area contributed by atoms with Crippen LogP contribution < -0.4 is 0 Å². The number of likely N-dealkylation sites (N-methyl/N-ethyl adjacent to an activating group) is 1. The molecule has 2 aromatic heterocycles. The molecule has 0 bridgehead atoms. The smallest absolute Gasteiger partial charge is 0.246 e. The van der Waals surface area contributed by atoms with Crippen LogP contribution in [-0.4, -0.2) is 34.5 Å². The van der Waals surface area contributed by atoms with E-state index < -0.39 is 0 Å².